The summed E-state index contributed by atoms with van der Waals surface area (Å²) in [5.41, 5.74) is 3.16. The van der Waals surface area contributed by atoms with Crippen LogP contribution in [0.15, 0.2) is 36.4 Å². The Labute approximate surface area is 179 Å². The number of amides is 2. The summed E-state index contributed by atoms with van der Waals surface area (Å²) >= 11 is 5.94. The van der Waals surface area contributed by atoms with Gasteiger partial charge < -0.3 is 19.7 Å². The Hall–Kier alpha value is -3.06. The number of halogens is 1. The number of benzene rings is 2. The number of hydrogen-bond acceptors (Lipinski definition) is 5. The van der Waals surface area contributed by atoms with Crippen molar-refractivity contribution in [3.05, 3.63) is 52.5 Å². The number of carbonyl (C=O) groups is 3. The minimum atomic E-state index is -0.620. The normalized spacial score (nSPS) is 15.8. The van der Waals surface area contributed by atoms with E-state index in [0.29, 0.717) is 16.5 Å². The van der Waals surface area contributed by atoms with Gasteiger partial charge in [0.1, 0.15) is 5.75 Å². The van der Waals surface area contributed by atoms with Crippen molar-refractivity contribution in [2.24, 2.45) is 5.92 Å². The number of hydrogen-bond donors (Lipinski definition) is 1. The van der Waals surface area contributed by atoms with Gasteiger partial charge in [0.25, 0.3) is 5.91 Å². The summed E-state index contributed by atoms with van der Waals surface area (Å²) in [5, 5.41) is 3.03. The number of anilines is 2. The van der Waals surface area contributed by atoms with Gasteiger partial charge in [-0.1, -0.05) is 23.7 Å². The van der Waals surface area contributed by atoms with Crippen molar-refractivity contribution < 1.29 is 23.9 Å². The Kier molecular flexibility index (Phi) is 6.62. The highest BCUT2D eigenvalue weighted by Crippen LogP contribution is 2.30. The smallest absolute Gasteiger partial charge is 0.311 e. The van der Waals surface area contributed by atoms with Crippen LogP contribution in [0.4, 0.5) is 11.4 Å². The molecule has 1 N–H and O–H groups in total. The monoisotopic (exact) mass is 430 g/mol. The lowest BCUT2D eigenvalue weighted by molar-refractivity contribution is -0.151. The first-order valence-corrected chi connectivity index (χ1v) is 9.84. The molecule has 8 heteroatoms. The molecule has 0 spiro atoms. The minimum absolute atomic E-state index is 0.0515. The van der Waals surface area contributed by atoms with E-state index in [9.17, 15) is 14.4 Å². The number of rotatable bonds is 6. The maximum atomic E-state index is 12.4. The van der Waals surface area contributed by atoms with E-state index in [2.05, 4.69) is 5.32 Å². The fraction of sp³-hybridized carbons (Fsp3) is 0.318. The summed E-state index contributed by atoms with van der Waals surface area (Å²) in [4.78, 5) is 38.7. The molecule has 1 aliphatic heterocycles. The van der Waals surface area contributed by atoms with Gasteiger partial charge in [0.05, 0.1) is 18.7 Å². The third-order valence-electron chi connectivity index (χ3n) is 4.89. The molecule has 1 heterocycles. The Morgan fingerprint density at radius 1 is 1.20 bits per heavy atom. The van der Waals surface area contributed by atoms with Crippen molar-refractivity contribution in [1.29, 1.82) is 0 Å². The zero-order chi connectivity index (χ0) is 21.8. The molecule has 2 aromatic rings. The molecule has 0 radical (unpaired) electrons. The molecule has 2 aromatic carbocycles. The lowest BCUT2D eigenvalue weighted by Gasteiger charge is -2.19. The summed E-state index contributed by atoms with van der Waals surface area (Å²) in [6.07, 6.45) is 0.0515. The summed E-state index contributed by atoms with van der Waals surface area (Å²) < 4.78 is 10.3. The number of nitrogens with one attached hydrogen (secondary N) is 1. The number of nitrogens with zero attached hydrogens (tertiary/aromatic N) is 1. The van der Waals surface area contributed by atoms with Crippen LogP contribution in [0.5, 0.6) is 5.75 Å². The number of ether oxygens (including phenoxy) is 2. The molecule has 1 atom stereocenters. The molecule has 2 amide bonds. The highest BCUT2D eigenvalue weighted by atomic mass is 35.5. The van der Waals surface area contributed by atoms with Crippen molar-refractivity contribution in [2.45, 2.75) is 20.3 Å². The summed E-state index contributed by atoms with van der Waals surface area (Å²) in [7, 11) is 1.47. The highest BCUT2D eigenvalue weighted by Gasteiger charge is 2.37. The van der Waals surface area contributed by atoms with Gasteiger partial charge in [0.2, 0.25) is 5.91 Å². The van der Waals surface area contributed by atoms with Crippen LogP contribution in [0, 0.1) is 19.8 Å². The van der Waals surface area contributed by atoms with E-state index in [1.807, 2.05) is 32.0 Å². The highest BCUT2D eigenvalue weighted by molar-refractivity contribution is 6.31. The van der Waals surface area contributed by atoms with Gasteiger partial charge in [-0.2, -0.15) is 0 Å². The van der Waals surface area contributed by atoms with Gasteiger partial charge in [-0.15, -0.1) is 0 Å². The van der Waals surface area contributed by atoms with Gasteiger partial charge in [-0.25, -0.2) is 0 Å². The van der Waals surface area contributed by atoms with E-state index in [-0.39, 0.29) is 18.9 Å². The van der Waals surface area contributed by atoms with Gasteiger partial charge in [0, 0.05) is 23.7 Å². The molecule has 3 rings (SSSR count). The maximum Gasteiger partial charge on any atom is 0.311 e. The van der Waals surface area contributed by atoms with Crippen LogP contribution in [-0.4, -0.2) is 38.0 Å². The summed E-state index contributed by atoms with van der Waals surface area (Å²) in [6, 6.07) is 10.6. The van der Waals surface area contributed by atoms with Crippen LogP contribution in [0.3, 0.4) is 0 Å². The molecule has 30 heavy (non-hydrogen) atoms. The molecule has 0 unspecified atom stereocenters. The first-order chi connectivity index (χ1) is 14.3. The standard InChI is InChI=1S/C22H23ClN2O5/c1-13-4-5-14(2)18(8-13)25-11-15(9-21(25)27)22(28)30-12-20(26)24-17-10-16(23)6-7-19(17)29-3/h4-8,10,15H,9,11-12H2,1-3H3,(H,24,26)/t15-/m1/s1. The quantitative estimate of drug-likeness (QED) is 0.709. The molecule has 0 bridgehead atoms. The second-order valence-electron chi connectivity index (χ2n) is 7.20. The minimum Gasteiger partial charge on any atom is -0.495 e. The Bertz CT molecular complexity index is 991. The first kappa shape index (κ1) is 21.6. The SMILES string of the molecule is COc1ccc(Cl)cc1NC(=O)COC(=O)[C@@H]1CC(=O)N(c2cc(C)ccc2C)C1. The van der Waals surface area contributed by atoms with E-state index >= 15 is 0 Å². The van der Waals surface area contributed by atoms with Crippen molar-refractivity contribution in [3.8, 4) is 5.75 Å². The predicted molar refractivity (Wildman–Crippen MR) is 114 cm³/mol. The molecule has 158 valence electrons. The van der Waals surface area contributed by atoms with Gasteiger partial charge in [-0.3, -0.25) is 14.4 Å². The largest absolute Gasteiger partial charge is 0.495 e. The van der Waals surface area contributed by atoms with Crippen LogP contribution < -0.4 is 15.0 Å². The number of carbonyl (C=O) groups excluding carboxylic acids is 3. The third-order valence-corrected chi connectivity index (χ3v) is 5.13. The fourth-order valence-electron chi connectivity index (χ4n) is 3.33. The van der Waals surface area contributed by atoms with Crippen molar-refractivity contribution in [3.63, 3.8) is 0 Å². The fourth-order valence-corrected chi connectivity index (χ4v) is 3.50. The molecule has 0 aromatic heterocycles. The van der Waals surface area contributed by atoms with Crippen LogP contribution >= 0.6 is 11.6 Å². The number of esters is 1. The van der Waals surface area contributed by atoms with Crippen molar-refractivity contribution in [2.75, 3.05) is 30.5 Å². The van der Waals surface area contributed by atoms with E-state index < -0.39 is 24.4 Å². The van der Waals surface area contributed by atoms with Crippen LogP contribution in [0.25, 0.3) is 0 Å². The Morgan fingerprint density at radius 2 is 1.97 bits per heavy atom. The lowest BCUT2D eigenvalue weighted by Crippen LogP contribution is -2.28. The molecule has 0 saturated carbocycles. The van der Waals surface area contributed by atoms with Gasteiger partial charge >= 0.3 is 5.97 Å². The topological polar surface area (TPSA) is 84.9 Å². The van der Waals surface area contributed by atoms with E-state index in [1.54, 1.807) is 17.0 Å². The maximum absolute atomic E-state index is 12.4. The Morgan fingerprint density at radius 3 is 2.70 bits per heavy atom. The van der Waals surface area contributed by atoms with E-state index in [1.165, 1.54) is 13.2 Å². The predicted octanol–water partition coefficient (Wildman–Crippen LogP) is 3.50. The zero-order valence-electron chi connectivity index (χ0n) is 17.0. The molecule has 1 fully saturated rings. The molecular formula is C22H23ClN2O5. The van der Waals surface area contributed by atoms with Crippen LogP contribution in [0.1, 0.15) is 17.5 Å². The zero-order valence-corrected chi connectivity index (χ0v) is 17.8. The average Bonchev–Trinajstić information content (AvgIpc) is 3.09. The van der Waals surface area contributed by atoms with Crippen LogP contribution in [0.2, 0.25) is 5.02 Å². The Balaban J connectivity index is 1.58. The van der Waals surface area contributed by atoms with E-state index in [4.69, 9.17) is 21.1 Å². The first-order valence-electron chi connectivity index (χ1n) is 9.46. The van der Waals surface area contributed by atoms with Gasteiger partial charge in [-0.05, 0) is 49.2 Å². The molecule has 7 nitrogen and oxygen atoms in total. The van der Waals surface area contributed by atoms with Crippen molar-refractivity contribution >= 4 is 40.8 Å². The summed E-state index contributed by atoms with van der Waals surface area (Å²) in [6.45, 7) is 3.62. The number of aryl methyl sites for hydroxylation is 2. The lowest BCUT2D eigenvalue weighted by atomic mass is 10.1. The molecular weight excluding hydrogens is 408 g/mol. The number of methoxy groups -OCH3 is 1. The molecule has 0 aliphatic carbocycles. The van der Waals surface area contributed by atoms with Crippen molar-refractivity contribution in [1.82, 2.24) is 0 Å². The molecule has 1 saturated heterocycles. The average molecular weight is 431 g/mol. The third kappa shape index (κ3) is 4.91. The second-order valence-corrected chi connectivity index (χ2v) is 7.63. The second kappa shape index (κ2) is 9.17. The summed E-state index contributed by atoms with van der Waals surface area (Å²) in [5.74, 6) is -1.43. The van der Waals surface area contributed by atoms with Crippen LogP contribution in [-0.2, 0) is 19.1 Å². The molecule has 1 aliphatic rings. The van der Waals surface area contributed by atoms with E-state index in [0.717, 1.165) is 16.8 Å². The van der Waals surface area contributed by atoms with Gasteiger partial charge in [0.15, 0.2) is 6.61 Å².